The molecule has 1 amide bonds. The maximum absolute atomic E-state index is 12.6. The molecule has 0 unspecified atom stereocenters. The zero-order valence-corrected chi connectivity index (χ0v) is 15.3. The summed E-state index contributed by atoms with van der Waals surface area (Å²) in [6, 6.07) is 14.7. The number of nitriles is 1. The molecule has 2 aromatic carbocycles. The zero-order valence-electron chi connectivity index (χ0n) is 15.3. The molecule has 6 heteroatoms. The number of amides is 1. The van der Waals surface area contributed by atoms with E-state index in [0.717, 1.165) is 11.1 Å². The Morgan fingerprint density at radius 3 is 2.67 bits per heavy atom. The zero-order chi connectivity index (χ0) is 19.4. The van der Waals surface area contributed by atoms with E-state index < -0.39 is 0 Å². The van der Waals surface area contributed by atoms with E-state index in [1.54, 1.807) is 30.1 Å². The van der Waals surface area contributed by atoms with Gasteiger partial charge >= 0.3 is 0 Å². The van der Waals surface area contributed by atoms with E-state index in [0.29, 0.717) is 23.0 Å². The van der Waals surface area contributed by atoms with Crippen LogP contribution in [0.15, 0.2) is 53.6 Å². The monoisotopic (exact) mass is 360 g/mol. The van der Waals surface area contributed by atoms with Gasteiger partial charge in [-0.3, -0.25) is 14.2 Å². The number of rotatable bonds is 5. The second-order valence-corrected chi connectivity index (χ2v) is 6.52. The number of carbonyl (C=O) groups is 1. The van der Waals surface area contributed by atoms with E-state index in [9.17, 15) is 9.59 Å². The molecule has 0 aliphatic carbocycles. The Balaban J connectivity index is 1.66. The van der Waals surface area contributed by atoms with Gasteiger partial charge in [0.05, 0.1) is 28.9 Å². The Labute approximate surface area is 157 Å². The molecule has 0 aliphatic rings. The Bertz CT molecular complexity index is 1080. The normalized spacial score (nSPS) is 10.6. The highest BCUT2D eigenvalue weighted by Crippen LogP contribution is 2.11. The van der Waals surface area contributed by atoms with Gasteiger partial charge in [-0.25, -0.2) is 4.98 Å². The molecule has 6 nitrogen and oxygen atoms in total. The molecule has 1 aromatic heterocycles. The molecule has 0 bridgehead atoms. The minimum atomic E-state index is -0.133. The Hall–Kier alpha value is -3.46. The van der Waals surface area contributed by atoms with Gasteiger partial charge in [0.1, 0.15) is 0 Å². The van der Waals surface area contributed by atoms with Crippen molar-refractivity contribution in [2.75, 3.05) is 7.05 Å². The van der Waals surface area contributed by atoms with Crippen molar-refractivity contribution in [3.63, 3.8) is 0 Å². The lowest BCUT2D eigenvalue weighted by molar-refractivity contribution is -0.130. The van der Waals surface area contributed by atoms with Gasteiger partial charge < -0.3 is 4.90 Å². The van der Waals surface area contributed by atoms with Crippen molar-refractivity contribution in [3.05, 3.63) is 75.8 Å². The summed E-state index contributed by atoms with van der Waals surface area (Å²) in [7, 11) is 1.73. The Kier molecular flexibility index (Phi) is 5.32. The summed E-state index contributed by atoms with van der Waals surface area (Å²) in [5.74, 6) is -0.0596. The van der Waals surface area contributed by atoms with Gasteiger partial charge in [0.15, 0.2) is 0 Å². The predicted molar refractivity (Wildman–Crippen MR) is 103 cm³/mol. The third-order valence-electron chi connectivity index (χ3n) is 4.55. The molecule has 0 spiro atoms. The summed E-state index contributed by atoms with van der Waals surface area (Å²) < 4.78 is 1.48. The summed E-state index contributed by atoms with van der Waals surface area (Å²) in [5.41, 5.74) is 3.06. The highest BCUT2D eigenvalue weighted by molar-refractivity contribution is 5.80. The fourth-order valence-corrected chi connectivity index (χ4v) is 2.95. The average Bonchev–Trinajstić information content (AvgIpc) is 2.68. The molecular weight excluding hydrogens is 340 g/mol. The first kappa shape index (κ1) is 18.3. The molecule has 0 fully saturated rings. The summed E-state index contributed by atoms with van der Waals surface area (Å²) >= 11 is 0. The van der Waals surface area contributed by atoms with Gasteiger partial charge in [-0.1, -0.05) is 24.3 Å². The van der Waals surface area contributed by atoms with Crippen molar-refractivity contribution < 1.29 is 4.79 Å². The predicted octanol–water partition coefficient (Wildman–Crippen LogP) is 2.63. The van der Waals surface area contributed by atoms with Crippen molar-refractivity contribution in [2.45, 2.75) is 26.4 Å². The van der Waals surface area contributed by atoms with Crippen LogP contribution in [0.1, 0.15) is 23.1 Å². The molecule has 0 aliphatic heterocycles. The molecule has 0 N–H and O–H groups in total. The van der Waals surface area contributed by atoms with Crippen LogP contribution in [-0.4, -0.2) is 27.4 Å². The minimum Gasteiger partial charge on any atom is -0.341 e. The smallest absolute Gasteiger partial charge is 0.261 e. The molecule has 0 saturated heterocycles. The van der Waals surface area contributed by atoms with Crippen molar-refractivity contribution in [1.82, 2.24) is 14.5 Å². The van der Waals surface area contributed by atoms with Gasteiger partial charge in [0.2, 0.25) is 5.91 Å². The van der Waals surface area contributed by atoms with Crippen LogP contribution in [-0.2, 0) is 17.9 Å². The van der Waals surface area contributed by atoms with Crippen LogP contribution in [0.25, 0.3) is 10.9 Å². The molecule has 136 valence electrons. The van der Waals surface area contributed by atoms with Gasteiger partial charge in [-0.15, -0.1) is 0 Å². The quantitative estimate of drug-likeness (QED) is 0.701. The maximum atomic E-state index is 12.6. The number of aryl methyl sites for hydroxylation is 2. The molecule has 0 atom stereocenters. The SMILES string of the molecule is Cc1cccc2c(=O)n(CCC(=O)N(C)Cc3ccc(C#N)cc3)cnc12. The summed E-state index contributed by atoms with van der Waals surface area (Å²) in [5, 5.41) is 9.40. The van der Waals surface area contributed by atoms with Gasteiger partial charge in [0, 0.05) is 26.6 Å². The first-order valence-electron chi connectivity index (χ1n) is 8.67. The topological polar surface area (TPSA) is 79.0 Å². The Morgan fingerprint density at radius 2 is 1.96 bits per heavy atom. The highest BCUT2D eigenvalue weighted by Gasteiger charge is 2.11. The van der Waals surface area contributed by atoms with E-state index in [-0.39, 0.29) is 24.4 Å². The number of benzene rings is 2. The van der Waals surface area contributed by atoms with E-state index >= 15 is 0 Å². The van der Waals surface area contributed by atoms with Crippen molar-refractivity contribution in [3.8, 4) is 6.07 Å². The number of fused-ring (bicyclic) bond motifs is 1. The van der Waals surface area contributed by atoms with Crippen molar-refractivity contribution in [1.29, 1.82) is 5.26 Å². The molecule has 3 rings (SSSR count). The minimum absolute atomic E-state index is 0.0596. The lowest BCUT2D eigenvalue weighted by Gasteiger charge is -2.17. The average molecular weight is 360 g/mol. The third-order valence-corrected chi connectivity index (χ3v) is 4.55. The summed E-state index contributed by atoms with van der Waals surface area (Å²) in [6.07, 6.45) is 1.72. The summed E-state index contributed by atoms with van der Waals surface area (Å²) in [4.78, 5) is 31.0. The molecule has 3 aromatic rings. The van der Waals surface area contributed by atoms with Crippen molar-refractivity contribution >= 4 is 16.8 Å². The van der Waals surface area contributed by atoms with Gasteiger partial charge in [0.25, 0.3) is 5.56 Å². The van der Waals surface area contributed by atoms with Crippen LogP contribution in [0.5, 0.6) is 0 Å². The molecule has 1 heterocycles. The molecule has 0 saturated carbocycles. The molecule has 0 radical (unpaired) electrons. The summed E-state index contributed by atoms with van der Waals surface area (Å²) in [6.45, 7) is 2.65. The maximum Gasteiger partial charge on any atom is 0.261 e. The number of carbonyl (C=O) groups excluding carboxylic acids is 1. The third kappa shape index (κ3) is 4.04. The lowest BCUT2D eigenvalue weighted by Crippen LogP contribution is -2.29. The van der Waals surface area contributed by atoms with Crippen LogP contribution in [0.3, 0.4) is 0 Å². The van der Waals surface area contributed by atoms with E-state index in [1.165, 1.54) is 10.9 Å². The van der Waals surface area contributed by atoms with E-state index in [2.05, 4.69) is 11.1 Å². The van der Waals surface area contributed by atoms with Crippen LogP contribution in [0, 0.1) is 18.3 Å². The Morgan fingerprint density at radius 1 is 1.22 bits per heavy atom. The molecular formula is C21H20N4O2. The van der Waals surface area contributed by atoms with Gasteiger partial charge in [-0.05, 0) is 36.2 Å². The van der Waals surface area contributed by atoms with Crippen LogP contribution >= 0.6 is 0 Å². The van der Waals surface area contributed by atoms with E-state index in [4.69, 9.17) is 5.26 Å². The highest BCUT2D eigenvalue weighted by atomic mass is 16.2. The van der Waals surface area contributed by atoms with Gasteiger partial charge in [-0.2, -0.15) is 5.26 Å². The first-order chi connectivity index (χ1) is 13.0. The number of hydrogen-bond acceptors (Lipinski definition) is 4. The van der Waals surface area contributed by atoms with Crippen LogP contribution in [0.4, 0.5) is 0 Å². The number of aromatic nitrogens is 2. The lowest BCUT2D eigenvalue weighted by atomic mass is 10.1. The van der Waals surface area contributed by atoms with Crippen LogP contribution < -0.4 is 5.56 Å². The first-order valence-corrected chi connectivity index (χ1v) is 8.67. The second kappa shape index (κ2) is 7.83. The number of nitrogens with zero attached hydrogens (tertiary/aromatic N) is 4. The van der Waals surface area contributed by atoms with Crippen LogP contribution in [0.2, 0.25) is 0 Å². The second-order valence-electron chi connectivity index (χ2n) is 6.52. The molecule has 27 heavy (non-hydrogen) atoms. The standard InChI is InChI=1S/C21H20N4O2/c1-15-4-3-5-18-20(15)23-14-25(21(18)27)11-10-19(26)24(2)13-17-8-6-16(12-22)7-9-17/h3-9,14H,10-11,13H2,1-2H3. The fourth-order valence-electron chi connectivity index (χ4n) is 2.95. The number of hydrogen-bond donors (Lipinski definition) is 0. The largest absolute Gasteiger partial charge is 0.341 e. The number of para-hydroxylation sites is 1. The van der Waals surface area contributed by atoms with E-state index in [1.807, 2.05) is 31.2 Å². The fraction of sp³-hybridized carbons (Fsp3) is 0.238. The van der Waals surface area contributed by atoms with Crippen molar-refractivity contribution in [2.24, 2.45) is 0 Å².